The number of hydrogen-bond donors (Lipinski definition) is 1. The van der Waals surface area contributed by atoms with Crippen molar-refractivity contribution >= 4 is 0 Å². The largest absolute Gasteiger partial charge is 0.503 e. The Morgan fingerprint density at radius 1 is 1.20 bits per heavy atom. The van der Waals surface area contributed by atoms with E-state index in [9.17, 15) is 8.78 Å². The van der Waals surface area contributed by atoms with Gasteiger partial charge in [0.15, 0.2) is 17.4 Å². The topological polar surface area (TPSA) is 32.7 Å². The van der Waals surface area contributed by atoms with Gasteiger partial charge in [0.25, 0.3) is 0 Å². The maximum absolute atomic E-state index is 13.4. The molecule has 1 N–H and O–H groups in total. The molecule has 3 rings (SSSR count). The van der Waals surface area contributed by atoms with E-state index < -0.39 is 17.4 Å². The zero-order valence-corrected chi connectivity index (χ0v) is 11.3. The number of phenolic OH excluding ortho intramolecular Hbond substituents is 1. The van der Waals surface area contributed by atoms with Crippen molar-refractivity contribution in [2.24, 2.45) is 0 Å². The van der Waals surface area contributed by atoms with E-state index in [0.29, 0.717) is 24.8 Å². The lowest BCUT2D eigenvalue weighted by Gasteiger charge is -2.43. The van der Waals surface area contributed by atoms with E-state index in [4.69, 9.17) is 9.84 Å². The summed E-state index contributed by atoms with van der Waals surface area (Å²) in [6.07, 6.45) is 4.77. The minimum Gasteiger partial charge on any atom is -0.503 e. The second-order valence-electron chi connectivity index (χ2n) is 5.64. The number of nitrogens with zero attached hydrogens (tertiary/aromatic N) is 1. The first-order valence-corrected chi connectivity index (χ1v) is 7.17. The molecule has 110 valence electrons. The average molecular weight is 283 g/mol. The minimum atomic E-state index is -0.897. The van der Waals surface area contributed by atoms with Crippen LogP contribution in [0.5, 0.6) is 5.75 Å². The van der Waals surface area contributed by atoms with Crippen LogP contribution in [0.3, 0.4) is 0 Å². The van der Waals surface area contributed by atoms with Crippen LogP contribution in [-0.4, -0.2) is 35.3 Å². The number of phenols is 1. The molecule has 0 amide bonds. The molecule has 1 aliphatic carbocycles. The van der Waals surface area contributed by atoms with Crippen molar-refractivity contribution in [3.05, 3.63) is 29.3 Å². The quantitative estimate of drug-likeness (QED) is 0.906. The Balaban J connectivity index is 1.76. The predicted octanol–water partition coefficient (Wildman–Crippen LogP) is 2.81. The smallest absolute Gasteiger partial charge is 0.187 e. The van der Waals surface area contributed by atoms with Crippen molar-refractivity contribution in [1.82, 2.24) is 4.90 Å². The third kappa shape index (κ3) is 2.65. The van der Waals surface area contributed by atoms with Gasteiger partial charge in [-0.25, -0.2) is 8.78 Å². The van der Waals surface area contributed by atoms with Crippen molar-refractivity contribution in [2.75, 3.05) is 13.2 Å². The van der Waals surface area contributed by atoms with Crippen LogP contribution in [0.1, 0.15) is 31.2 Å². The summed E-state index contributed by atoms with van der Waals surface area (Å²) in [6.45, 7) is 1.95. The molecule has 0 bridgehead atoms. The Hall–Kier alpha value is -1.20. The summed E-state index contributed by atoms with van der Waals surface area (Å²) in [5.74, 6) is -2.69. The van der Waals surface area contributed by atoms with E-state index in [0.717, 1.165) is 19.4 Å². The van der Waals surface area contributed by atoms with E-state index in [-0.39, 0.29) is 6.10 Å². The van der Waals surface area contributed by atoms with Crippen LogP contribution in [0.2, 0.25) is 0 Å². The number of aromatic hydroxyl groups is 1. The van der Waals surface area contributed by atoms with Gasteiger partial charge in [-0.1, -0.05) is 12.8 Å². The fourth-order valence-electron chi connectivity index (χ4n) is 3.32. The Bertz CT molecular complexity index is 470. The first-order chi connectivity index (χ1) is 9.65. The summed E-state index contributed by atoms with van der Waals surface area (Å²) in [5, 5.41) is 9.14. The van der Waals surface area contributed by atoms with Gasteiger partial charge in [-0.2, -0.15) is 0 Å². The maximum Gasteiger partial charge on any atom is 0.187 e. The van der Waals surface area contributed by atoms with E-state index in [1.807, 2.05) is 0 Å². The molecule has 1 saturated carbocycles. The first kappa shape index (κ1) is 13.8. The molecular weight excluding hydrogens is 264 g/mol. The second-order valence-corrected chi connectivity index (χ2v) is 5.64. The first-order valence-electron chi connectivity index (χ1n) is 7.17. The zero-order valence-electron chi connectivity index (χ0n) is 11.3. The molecule has 1 heterocycles. The molecule has 1 aromatic carbocycles. The van der Waals surface area contributed by atoms with Crippen molar-refractivity contribution in [3.8, 4) is 5.75 Å². The van der Waals surface area contributed by atoms with Gasteiger partial charge < -0.3 is 9.84 Å². The lowest BCUT2D eigenvalue weighted by atomic mass is 9.90. The van der Waals surface area contributed by atoms with Crippen LogP contribution in [0, 0.1) is 11.6 Å². The molecule has 20 heavy (non-hydrogen) atoms. The fraction of sp³-hybridized carbons (Fsp3) is 0.600. The molecular formula is C15H19F2NO2. The molecule has 1 aromatic rings. The van der Waals surface area contributed by atoms with Gasteiger partial charge in [0.1, 0.15) is 0 Å². The highest BCUT2D eigenvalue weighted by molar-refractivity contribution is 5.30. The van der Waals surface area contributed by atoms with Crippen LogP contribution >= 0.6 is 0 Å². The molecule has 0 spiro atoms. The fourth-order valence-corrected chi connectivity index (χ4v) is 3.32. The predicted molar refractivity (Wildman–Crippen MR) is 70.4 cm³/mol. The third-order valence-corrected chi connectivity index (χ3v) is 4.31. The van der Waals surface area contributed by atoms with Crippen molar-refractivity contribution < 1.29 is 18.6 Å². The van der Waals surface area contributed by atoms with Gasteiger partial charge in [0.2, 0.25) is 0 Å². The third-order valence-electron chi connectivity index (χ3n) is 4.31. The number of hydrogen-bond acceptors (Lipinski definition) is 3. The number of fused-ring (bicyclic) bond motifs is 1. The van der Waals surface area contributed by atoms with Gasteiger partial charge in [-0.15, -0.1) is 0 Å². The molecule has 2 atom stereocenters. The lowest BCUT2D eigenvalue weighted by Crippen LogP contribution is -2.52. The van der Waals surface area contributed by atoms with Crippen LogP contribution < -0.4 is 0 Å². The lowest BCUT2D eigenvalue weighted by molar-refractivity contribution is -0.0911. The van der Waals surface area contributed by atoms with E-state index in [1.165, 1.54) is 25.0 Å². The number of benzene rings is 1. The summed E-state index contributed by atoms with van der Waals surface area (Å²) in [4.78, 5) is 2.25. The van der Waals surface area contributed by atoms with Crippen LogP contribution in [0.15, 0.2) is 12.1 Å². The van der Waals surface area contributed by atoms with Gasteiger partial charge in [0, 0.05) is 19.1 Å². The summed E-state index contributed by atoms with van der Waals surface area (Å²) >= 11 is 0. The minimum absolute atomic E-state index is 0.254. The molecule has 2 aliphatic rings. The van der Waals surface area contributed by atoms with Gasteiger partial charge >= 0.3 is 0 Å². The Morgan fingerprint density at radius 2 is 1.90 bits per heavy atom. The van der Waals surface area contributed by atoms with E-state index in [1.54, 1.807) is 0 Å². The monoisotopic (exact) mass is 283 g/mol. The number of halogens is 2. The zero-order chi connectivity index (χ0) is 14.1. The number of ether oxygens (including phenoxy) is 1. The van der Waals surface area contributed by atoms with E-state index in [2.05, 4.69) is 4.90 Å². The van der Waals surface area contributed by atoms with Gasteiger partial charge in [-0.3, -0.25) is 4.90 Å². The highest BCUT2D eigenvalue weighted by atomic mass is 19.1. The Labute approximate surface area is 117 Å². The Morgan fingerprint density at radius 3 is 2.65 bits per heavy atom. The molecule has 2 fully saturated rings. The maximum atomic E-state index is 13.4. The standard InChI is InChI=1S/C15H19F2NO2/c16-11-7-10(8-12(17)15(11)19)9-18-5-6-20-14-4-2-1-3-13(14)18/h7-8,13-14,19H,1-6,9H2. The summed E-state index contributed by atoms with van der Waals surface area (Å²) < 4.78 is 32.6. The molecule has 0 aromatic heterocycles. The number of morpholine rings is 1. The summed E-state index contributed by atoms with van der Waals surface area (Å²) in [6, 6.07) is 2.77. The average Bonchev–Trinajstić information content (AvgIpc) is 2.45. The Kier molecular flexibility index (Phi) is 3.89. The van der Waals surface area contributed by atoms with Crippen LogP contribution in [-0.2, 0) is 11.3 Å². The van der Waals surface area contributed by atoms with Crippen molar-refractivity contribution in [2.45, 2.75) is 44.4 Å². The SMILES string of the molecule is Oc1c(F)cc(CN2CCOC3CCCCC32)cc1F. The van der Waals surface area contributed by atoms with E-state index >= 15 is 0 Å². The summed E-state index contributed by atoms with van der Waals surface area (Å²) in [5.41, 5.74) is 0.559. The van der Waals surface area contributed by atoms with Crippen LogP contribution in [0.4, 0.5) is 8.78 Å². The van der Waals surface area contributed by atoms with Crippen LogP contribution in [0.25, 0.3) is 0 Å². The van der Waals surface area contributed by atoms with Crippen molar-refractivity contribution in [3.63, 3.8) is 0 Å². The highest BCUT2D eigenvalue weighted by Crippen LogP contribution is 2.30. The second kappa shape index (κ2) is 5.66. The molecule has 0 radical (unpaired) electrons. The number of rotatable bonds is 2. The molecule has 1 aliphatic heterocycles. The molecule has 1 saturated heterocycles. The molecule has 2 unspecified atom stereocenters. The van der Waals surface area contributed by atoms with Gasteiger partial charge in [0.05, 0.1) is 12.7 Å². The summed E-state index contributed by atoms with van der Waals surface area (Å²) in [7, 11) is 0. The normalized spacial score (nSPS) is 27.3. The van der Waals surface area contributed by atoms with Crippen molar-refractivity contribution in [1.29, 1.82) is 0 Å². The van der Waals surface area contributed by atoms with Gasteiger partial charge in [-0.05, 0) is 30.5 Å². The highest BCUT2D eigenvalue weighted by Gasteiger charge is 2.34. The molecule has 3 nitrogen and oxygen atoms in total. The molecule has 5 heteroatoms.